The minimum atomic E-state index is -4.60. The Hall–Kier alpha value is -1.35. The highest BCUT2D eigenvalue weighted by Gasteiger charge is 2.30. The molecule has 0 fully saturated rings. The first-order valence-corrected chi connectivity index (χ1v) is 5.93. The van der Waals surface area contributed by atoms with Crippen molar-refractivity contribution >= 4 is 15.7 Å². The van der Waals surface area contributed by atoms with E-state index in [1.807, 2.05) is 0 Å². The number of rotatable bonds is 4. The van der Waals surface area contributed by atoms with E-state index in [1.54, 1.807) is 0 Å². The number of sulfonamides is 1. The number of nitrogens with zero attached hydrogens (tertiary/aromatic N) is 1. The molecule has 0 aromatic carbocycles. The maximum Gasteiger partial charge on any atom is 0.402 e. The van der Waals surface area contributed by atoms with Crippen molar-refractivity contribution in [1.29, 1.82) is 0 Å². The van der Waals surface area contributed by atoms with Crippen molar-refractivity contribution in [2.75, 3.05) is 18.9 Å². The molecule has 0 atom stereocenters. The van der Waals surface area contributed by atoms with Crippen LogP contribution in [0.3, 0.4) is 0 Å². The highest BCUT2D eigenvalue weighted by molar-refractivity contribution is 7.89. The van der Waals surface area contributed by atoms with Gasteiger partial charge in [-0.05, 0) is 6.07 Å². The second kappa shape index (κ2) is 4.88. The molecule has 2 N–H and O–H groups in total. The van der Waals surface area contributed by atoms with Crippen LogP contribution < -0.4 is 10.0 Å². The summed E-state index contributed by atoms with van der Waals surface area (Å²) in [4.78, 5) is 3.24. The summed E-state index contributed by atoms with van der Waals surface area (Å²) >= 11 is 0. The lowest BCUT2D eigenvalue weighted by Crippen LogP contribution is -2.34. The molecule has 1 aromatic rings. The van der Waals surface area contributed by atoms with E-state index in [9.17, 15) is 21.6 Å². The van der Waals surface area contributed by atoms with Crippen LogP contribution in [-0.2, 0) is 10.0 Å². The van der Waals surface area contributed by atoms with E-state index in [1.165, 1.54) is 24.0 Å². The number of halogens is 3. The van der Waals surface area contributed by atoms with Crippen molar-refractivity contribution in [3.8, 4) is 0 Å². The third-order valence-corrected chi connectivity index (χ3v) is 3.23. The van der Waals surface area contributed by atoms with Crippen molar-refractivity contribution < 1.29 is 21.6 Å². The molecular formula is C8H10F3N3O2S. The van der Waals surface area contributed by atoms with Gasteiger partial charge in [0.1, 0.15) is 11.4 Å². The lowest BCUT2D eigenvalue weighted by molar-refractivity contribution is -0.121. The van der Waals surface area contributed by atoms with Crippen LogP contribution in [0.5, 0.6) is 0 Å². The topological polar surface area (TPSA) is 71.1 Å². The minimum absolute atomic E-state index is 0.176. The van der Waals surface area contributed by atoms with Crippen molar-refractivity contribution in [2.45, 2.75) is 11.1 Å². The first kappa shape index (κ1) is 13.7. The molecule has 0 aliphatic heterocycles. The smallest absolute Gasteiger partial charge is 0.387 e. The Labute approximate surface area is 96.1 Å². The number of hydrogen-bond acceptors (Lipinski definition) is 4. The van der Waals surface area contributed by atoms with Crippen LogP contribution in [0.1, 0.15) is 0 Å². The zero-order valence-corrected chi connectivity index (χ0v) is 9.56. The van der Waals surface area contributed by atoms with Gasteiger partial charge in [-0.2, -0.15) is 13.2 Å². The maximum absolute atomic E-state index is 11.9. The van der Waals surface area contributed by atoms with Gasteiger partial charge in [0.05, 0.1) is 5.69 Å². The standard InChI is InChI=1S/C8H10F3N3O2S/c1-12-6-2-3-13-4-7(6)17(15,16)14-5-8(9,10)11/h2-4,14H,5H2,1H3,(H,12,13). The molecule has 0 radical (unpaired) electrons. The van der Waals surface area contributed by atoms with E-state index >= 15 is 0 Å². The Morgan fingerprint density at radius 1 is 1.41 bits per heavy atom. The molecule has 0 unspecified atom stereocenters. The van der Waals surface area contributed by atoms with Crippen molar-refractivity contribution in [3.63, 3.8) is 0 Å². The fraction of sp³-hybridized carbons (Fsp3) is 0.375. The van der Waals surface area contributed by atoms with E-state index in [0.717, 1.165) is 6.20 Å². The molecule has 9 heteroatoms. The van der Waals surface area contributed by atoms with Gasteiger partial charge in [0.25, 0.3) is 0 Å². The second-order valence-electron chi connectivity index (χ2n) is 3.06. The monoisotopic (exact) mass is 269 g/mol. The SMILES string of the molecule is CNc1ccncc1S(=O)(=O)NCC(F)(F)F. The van der Waals surface area contributed by atoms with Gasteiger partial charge < -0.3 is 5.32 Å². The highest BCUT2D eigenvalue weighted by Crippen LogP contribution is 2.20. The van der Waals surface area contributed by atoms with E-state index in [4.69, 9.17) is 0 Å². The fourth-order valence-electron chi connectivity index (χ4n) is 1.06. The highest BCUT2D eigenvalue weighted by atomic mass is 32.2. The zero-order chi connectivity index (χ0) is 13.1. The number of nitrogens with one attached hydrogen (secondary N) is 2. The fourth-order valence-corrected chi connectivity index (χ4v) is 2.22. The minimum Gasteiger partial charge on any atom is -0.387 e. The zero-order valence-electron chi connectivity index (χ0n) is 8.75. The molecule has 0 bridgehead atoms. The summed E-state index contributed by atoms with van der Waals surface area (Å²) in [5, 5.41) is 2.56. The van der Waals surface area contributed by atoms with Gasteiger partial charge in [-0.3, -0.25) is 4.98 Å². The van der Waals surface area contributed by atoms with E-state index in [-0.39, 0.29) is 10.6 Å². The van der Waals surface area contributed by atoms with Gasteiger partial charge in [0.15, 0.2) is 0 Å². The van der Waals surface area contributed by atoms with E-state index < -0.39 is 22.7 Å². The summed E-state index contributed by atoms with van der Waals surface area (Å²) in [6.07, 6.45) is -2.30. The van der Waals surface area contributed by atoms with Crippen molar-refractivity contribution in [3.05, 3.63) is 18.5 Å². The summed E-state index contributed by atoms with van der Waals surface area (Å²) in [7, 11) is -2.77. The van der Waals surface area contributed by atoms with Crippen LogP contribution in [0.15, 0.2) is 23.4 Å². The summed E-state index contributed by atoms with van der Waals surface area (Å²) < 4.78 is 60.4. The van der Waals surface area contributed by atoms with Gasteiger partial charge in [-0.1, -0.05) is 0 Å². The molecular weight excluding hydrogens is 259 g/mol. The Bertz CT molecular complexity index is 487. The number of hydrogen-bond donors (Lipinski definition) is 2. The Morgan fingerprint density at radius 3 is 2.59 bits per heavy atom. The van der Waals surface area contributed by atoms with Crippen molar-refractivity contribution in [1.82, 2.24) is 9.71 Å². The van der Waals surface area contributed by atoms with Crippen LogP contribution >= 0.6 is 0 Å². The molecule has 96 valence electrons. The largest absolute Gasteiger partial charge is 0.402 e. The molecule has 1 heterocycles. The Kier molecular flexibility index (Phi) is 3.94. The third-order valence-electron chi connectivity index (χ3n) is 1.81. The summed E-state index contributed by atoms with van der Waals surface area (Å²) in [6, 6.07) is 1.35. The van der Waals surface area contributed by atoms with Gasteiger partial charge in [0.2, 0.25) is 10.0 Å². The van der Waals surface area contributed by atoms with Gasteiger partial charge >= 0.3 is 6.18 Å². The molecule has 0 aliphatic carbocycles. The molecule has 5 nitrogen and oxygen atoms in total. The van der Waals surface area contributed by atoms with Crippen LogP contribution in [0, 0.1) is 0 Å². The average Bonchev–Trinajstić information content (AvgIpc) is 2.26. The average molecular weight is 269 g/mol. The number of pyridine rings is 1. The van der Waals surface area contributed by atoms with Crippen LogP contribution in [0.4, 0.5) is 18.9 Å². The molecule has 0 saturated carbocycles. The molecule has 1 aromatic heterocycles. The molecule has 0 spiro atoms. The second-order valence-corrected chi connectivity index (χ2v) is 4.80. The lowest BCUT2D eigenvalue weighted by Gasteiger charge is -2.11. The van der Waals surface area contributed by atoms with Crippen LogP contribution in [0.2, 0.25) is 0 Å². The van der Waals surface area contributed by atoms with Gasteiger partial charge in [-0.15, -0.1) is 0 Å². The Morgan fingerprint density at radius 2 is 2.06 bits per heavy atom. The first-order chi connectivity index (χ1) is 7.76. The third kappa shape index (κ3) is 3.86. The molecule has 0 aliphatic rings. The summed E-state index contributed by atoms with van der Waals surface area (Å²) in [6.45, 7) is -1.62. The van der Waals surface area contributed by atoms with Gasteiger partial charge in [0, 0.05) is 19.4 Å². The molecule has 0 saturated heterocycles. The molecule has 17 heavy (non-hydrogen) atoms. The van der Waals surface area contributed by atoms with Crippen LogP contribution in [0.25, 0.3) is 0 Å². The molecule has 1 rings (SSSR count). The predicted molar refractivity (Wildman–Crippen MR) is 55.0 cm³/mol. The Balaban J connectivity index is 2.98. The van der Waals surface area contributed by atoms with E-state index in [2.05, 4.69) is 10.3 Å². The predicted octanol–water partition coefficient (Wildman–Crippen LogP) is 0.964. The number of anilines is 1. The normalized spacial score (nSPS) is 12.5. The van der Waals surface area contributed by atoms with Gasteiger partial charge in [-0.25, -0.2) is 13.1 Å². The maximum atomic E-state index is 11.9. The number of aromatic nitrogens is 1. The summed E-state index contributed by atoms with van der Waals surface area (Å²) in [5.74, 6) is 0. The molecule has 0 amide bonds. The van der Waals surface area contributed by atoms with Crippen LogP contribution in [-0.4, -0.2) is 33.2 Å². The summed E-state index contributed by atoms with van der Waals surface area (Å²) in [5.41, 5.74) is 0.176. The van der Waals surface area contributed by atoms with Crippen molar-refractivity contribution in [2.24, 2.45) is 0 Å². The quantitative estimate of drug-likeness (QED) is 0.854. The van der Waals surface area contributed by atoms with E-state index in [0.29, 0.717) is 0 Å². The number of alkyl halides is 3. The lowest BCUT2D eigenvalue weighted by atomic mass is 10.4. The first-order valence-electron chi connectivity index (χ1n) is 4.44.